The van der Waals surface area contributed by atoms with Crippen molar-refractivity contribution in [2.75, 3.05) is 0 Å². The van der Waals surface area contributed by atoms with Gasteiger partial charge in [0.05, 0.1) is 16.4 Å². The molecule has 0 atom stereocenters. The van der Waals surface area contributed by atoms with Gasteiger partial charge in [0.25, 0.3) is 0 Å². The number of furan rings is 1. The summed E-state index contributed by atoms with van der Waals surface area (Å²) in [6.07, 6.45) is 0. The monoisotopic (exact) mass is 534 g/mol. The summed E-state index contributed by atoms with van der Waals surface area (Å²) in [4.78, 5) is 0. The standard InChI is InChI=1S/C40H26O/c1-3-13-27(14-4-1)29-17-11-18-30(25-29)38-32-20-7-9-22-34(32)39(35-23-10-8-21-33(35)38)36-24-12-19-31-26-37(41-40(31)36)28-15-5-2-6-16-28/h1-26H/i7D,8D,9D,10D,11D,17D,18D,20D,21D,22D,23D,25D. The van der Waals surface area contributed by atoms with Gasteiger partial charge in [-0.1, -0.05) is 145 Å². The Labute approximate surface area is 255 Å². The normalized spacial score (nSPS) is 15.5. The highest BCUT2D eigenvalue weighted by Crippen LogP contribution is 2.46. The second-order valence-electron chi connectivity index (χ2n) is 9.57. The molecule has 0 aliphatic carbocycles. The highest BCUT2D eigenvalue weighted by molar-refractivity contribution is 6.23. The molecule has 1 heterocycles. The van der Waals surface area contributed by atoms with Gasteiger partial charge in [-0.3, -0.25) is 0 Å². The first kappa shape index (κ1) is 14.3. The number of hydrogen-bond acceptors (Lipinski definition) is 1. The molecule has 0 N–H and O–H groups in total. The lowest BCUT2D eigenvalue weighted by Gasteiger charge is -2.18. The van der Waals surface area contributed by atoms with Crippen LogP contribution in [-0.2, 0) is 0 Å². The summed E-state index contributed by atoms with van der Waals surface area (Å²) in [5.41, 5.74) is 1.29. The quantitative estimate of drug-likeness (QED) is 0.205. The molecule has 192 valence electrons. The van der Waals surface area contributed by atoms with Crippen LogP contribution in [0.25, 0.3) is 77.2 Å². The van der Waals surface area contributed by atoms with Gasteiger partial charge < -0.3 is 4.42 Å². The lowest BCUT2D eigenvalue weighted by Crippen LogP contribution is -1.91. The molecule has 7 aromatic carbocycles. The average molecular weight is 535 g/mol. The van der Waals surface area contributed by atoms with Gasteiger partial charge >= 0.3 is 0 Å². The Morgan fingerprint density at radius 3 is 1.71 bits per heavy atom. The molecule has 0 bridgehead atoms. The molecule has 8 rings (SSSR count). The topological polar surface area (TPSA) is 13.1 Å². The zero-order chi connectivity index (χ0) is 37.6. The summed E-state index contributed by atoms with van der Waals surface area (Å²) in [5.74, 6) is 0.506. The molecule has 0 spiro atoms. The van der Waals surface area contributed by atoms with Gasteiger partial charge in [-0.15, -0.1) is 0 Å². The van der Waals surface area contributed by atoms with E-state index < -0.39 is 72.5 Å². The third-order valence-corrected chi connectivity index (χ3v) is 7.18. The number of para-hydroxylation sites is 1. The van der Waals surface area contributed by atoms with Crippen LogP contribution < -0.4 is 0 Å². The highest BCUT2D eigenvalue weighted by Gasteiger charge is 2.20. The summed E-state index contributed by atoms with van der Waals surface area (Å²) in [7, 11) is 0. The minimum Gasteiger partial charge on any atom is -0.455 e. The van der Waals surface area contributed by atoms with Gasteiger partial charge in [0.15, 0.2) is 0 Å². The number of benzene rings is 7. The predicted molar refractivity (Wildman–Crippen MR) is 173 cm³/mol. The van der Waals surface area contributed by atoms with Crippen LogP contribution in [0.5, 0.6) is 0 Å². The summed E-state index contributed by atoms with van der Waals surface area (Å²) in [6.45, 7) is 0. The van der Waals surface area contributed by atoms with Crippen LogP contribution in [0.4, 0.5) is 0 Å². The third-order valence-electron chi connectivity index (χ3n) is 7.18. The Balaban J connectivity index is 1.67. The minimum atomic E-state index is -0.637. The lowest BCUT2D eigenvalue weighted by molar-refractivity contribution is 0.632. The minimum absolute atomic E-state index is 0.0116. The van der Waals surface area contributed by atoms with Gasteiger partial charge in [-0.2, -0.15) is 0 Å². The van der Waals surface area contributed by atoms with Crippen LogP contribution in [0.15, 0.2) is 162 Å². The van der Waals surface area contributed by atoms with Crippen LogP contribution in [0.2, 0.25) is 0 Å². The SMILES string of the molecule is [2H]c1c([2H])c(-c2ccccc2)c([2H])c(-c2c3c([2H])c([2H])c([2H])c([2H])c3c(-c3cccc4cc(-c5ccccc5)oc34)c3c([2H])c([2H])c([2H])c([2H])c23)c1[2H]. The van der Waals surface area contributed by atoms with Crippen molar-refractivity contribution in [2.45, 2.75) is 0 Å². The fraction of sp³-hybridized carbons (Fsp3) is 0. The van der Waals surface area contributed by atoms with Crippen molar-refractivity contribution in [3.63, 3.8) is 0 Å². The van der Waals surface area contributed by atoms with E-state index in [9.17, 15) is 6.85 Å². The van der Waals surface area contributed by atoms with Crippen molar-refractivity contribution in [2.24, 2.45) is 0 Å². The van der Waals surface area contributed by atoms with Gasteiger partial charge in [-0.25, -0.2) is 0 Å². The van der Waals surface area contributed by atoms with Crippen molar-refractivity contribution < 1.29 is 20.9 Å². The smallest absolute Gasteiger partial charge is 0.142 e. The first-order valence-corrected chi connectivity index (χ1v) is 13.1. The van der Waals surface area contributed by atoms with E-state index >= 15 is 0 Å². The van der Waals surface area contributed by atoms with E-state index in [4.69, 9.17) is 14.0 Å². The molecule has 1 aromatic heterocycles. The van der Waals surface area contributed by atoms with Crippen LogP contribution in [0.1, 0.15) is 16.4 Å². The molecule has 0 fully saturated rings. The summed E-state index contributed by atoms with van der Waals surface area (Å²) >= 11 is 0. The Bertz CT molecular complexity index is 2770. The number of fused-ring (bicyclic) bond motifs is 3. The van der Waals surface area contributed by atoms with Crippen LogP contribution in [-0.4, -0.2) is 0 Å². The maximum absolute atomic E-state index is 9.48. The summed E-state index contributed by atoms with van der Waals surface area (Å²) < 4.78 is 115. The van der Waals surface area contributed by atoms with Gasteiger partial charge in [0.1, 0.15) is 11.3 Å². The van der Waals surface area contributed by atoms with Crippen molar-refractivity contribution in [1.29, 1.82) is 0 Å². The summed E-state index contributed by atoms with van der Waals surface area (Å²) in [6, 6.07) is 18.1. The molecule has 0 unspecified atom stereocenters. The van der Waals surface area contributed by atoms with E-state index in [0.29, 0.717) is 27.9 Å². The van der Waals surface area contributed by atoms with E-state index in [0.717, 1.165) is 5.56 Å². The lowest BCUT2D eigenvalue weighted by atomic mass is 9.85. The van der Waals surface area contributed by atoms with Crippen LogP contribution in [0.3, 0.4) is 0 Å². The number of hydrogen-bond donors (Lipinski definition) is 0. The molecule has 8 aromatic rings. The fourth-order valence-corrected chi connectivity index (χ4v) is 5.37. The maximum Gasteiger partial charge on any atom is 0.142 e. The van der Waals surface area contributed by atoms with Gasteiger partial charge in [0.2, 0.25) is 0 Å². The molecule has 0 amide bonds. The maximum atomic E-state index is 9.48. The molecular formula is C40H26O. The molecule has 0 aliphatic rings. The largest absolute Gasteiger partial charge is 0.455 e. The van der Waals surface area contributed by atoms with E-state index in [-0.39, 0.29) is 43.8 Å². The van der Waals surface area contributed by atoms with E-state index in [2.05, 4.69) is 0 Å². The Morgan fingerprint density at radius 1 is 0.463 bits per heavy atom. The molecule has 0 saturated heterocycles. The first-order valence-electron chi connectivity index (χ1n) is 19.1. The molecule has 0 saturated carbocycles. The van der Waals surface area contributed by atoms with E-state index in [1.54, 1.807) is 48.5 Å². The van der Waals surface area contributed by atoms with Crippen molar-refractivity contribution >= 4 is 32.5 Å². The number of rotatable bonds is 4. The first-order chi connectivity index (χ1) is 25.3. The third kappa shape index (κ3) is 3.94. The molecule has 41 heavy (non-hydrogen) atoms. The van der Waals surface area contributed by atoms with Crippen LogP contribution in [0, 0.1) is 0 Å². The molecule has 0 aliphatic heterocycles. The van der Waals surface area contributed by atoms with Gasteiger partial charge in [0, 0.05) is 22.1 Å². The van der Waals surface area contributed by atoms with Crippen molar-refractivity contribution in [1.82, 2.24) is 0 Å². The fourth-order valence-electron chi connectivity index (χ4n) is 5.37. The molecule has 1 nitrogen and oxygen atoms in total. The van der Waals surface area contributed by atoms with Crippen molar-refractivity contribution in [3.8, 4) is 44.7 Å². The van der Waals surface area contributed by atoms with Gasteiger partial charge in [-0.05, 0) is 55.9 Å². The van der Waals surface area contributed by atoms with Crippen molar-refractivity contribution in [3.05, 3.63) is 157 Å². The molecular weight excluding hydrogens is 496 g/mol. The average Bonchev–Trinajstić information content (AvgIpc) is 3.62. The Kier molecular flexibility index (Phi) is 3.37. The molecule has 1 heteroatoms. The zero-order valence-electron chi connectivity index (χ0n) is 33.5. The molecule has 0 radical (unpaired) electrons. The Morgan fingerprint density at radius 2 is 1.05 bits per heavy atom. The highest BCUT2D eigenvalue weighted by atomic mass is 16.3. The zero-order valence-corrected chi connectivity index (χ0v) is 21.5. The summed E-state index contributed by atoms with van der Waals surface area (Å²) in [5, 5.41) is 0.000160. The van der Waals surface area contributed by atoms with E-state index in [1.807, 2.05) is 36.4 Å². The Hall–Kier alpha value is -5.40. The predicted octanol–water partition coefficient (Wildman–Crippen LogP) is 11.4. The second-order valence-corrected chi connectivity index (χ2v) is 9.57. The van der Waals surface area contributed by atoms with Crippen LogP contribution >= 0.6 is 0 Å². The second kappa shape index (κ2) is 9.66. The van der Waals surface area contributed by atoms with E-state index in [1.165, 1.54) is 0 Å².